The topological polar surface area (TPSA) is 162 Å². The first-order chi connectivity index (χ1) is 12.7. The maximum Gasteiger partial charge on any atom is 0.327 e. The van der Waals surface area contributed by atoms with Crippen LogP contribution in [0.25, 0.3) is 0 Å². The number of β-amino-alcohol motifs (C(OH)–C–C–N with tert-alkyl or cyclic N) is 1. The highest BCUT2D eigenvalue weighted by molar-refractivity contribution is 5.90. The molecule has 10 heteroatoms. The van der Waals surface area contributed by atoms with Gasteiger partial charge in [-0.25, -0.2) is 4.79 Å². The molecule has 0 spiro atoms. The zero-order valence-corrected chi connectivity index (χ0v) is 14.9. The lowest BCUT2D eigenvalue weighted by Gasteiger charge is -2.35. The number of aliphatic hydroxyl groups is 4. The number of nitrogens with one attached hydrogen (secondary N) is 3. The first-order valence-corrected chi connectivity index (χ1v) is 8.40. The molecule has 10 nitrogen and oxygen atoms in total. The zero-order valence-electron chi connectivity index (χ0n) is 14.9. The third-order valence-electron chi connectivity index (χ3n) is 4.70. The van der Waals surface area contributed by atoms with Crippen molar-refractivity contribution in [1.29, 1.82) is 0 Å². The van der Waals surface area contributed by atoms with Crippen molar-refractivity contribution >= 4 is 22.9 Å². The van der Waals surface area contributed by atoms with Crippen molar-refractivity contribution in [2.45, 2.75) is 32.2 Å². The van der Waals surface area contributed by atoms with Gasteiger partial charge in [0.25, 0.3) is 5.56 Å². The molecule has 0 bridgehead atoms. The number of aliphatic hydroxyl groups excluding tert-OH is 4. The summed E-state index contributed by atoms with van der Waals surface area (Å²) in [6, 6.07) is 3.65. The van der Waals surface area contributed by atoms with Crippen molar-refractivity contribution in [2.24, 2.45) is 0 Å². The van der Waals surface area contributed by atoms with Crippen LogP contribution in [0.1, 0.15) is 11.1 Å². The molecule has 1 aliphatic rings. The van der Waals surface area contributed by atoms with Crippen LogP contribution in [0.15, 0.2) is 21.7 Å². The van der Waals surface area contributed by atoms with Crippen LogP contribution >= 0.6 is 0 Å². The number of aromatic amines is 2. The van der Waals surface area contributed by atoms with Crippen molar-refractivity contribution < 1.29 is 20.4 Å². The SMILES string of the molecule is Cc1cc2c(cc1C)N(CC(O)C(O)C(O)CO)c1[nH]c(=O)[nH]c(=O)c1N2. The summed E-state index contributed by atoms with van der Waals surface area (Å²) in [7, 11) is 0. The smallest absolute Gasteiger partial charge is 0.327 e. The molecule has 0 amide bonds. The highest BCUT2D eigenvalue weighted by Gasteiger charge is 2.32. The highest BCUT2D eigenvalue weighted by atomic mass is 16.4. The van der Waals surface area contributed by atoms with Crippen LogP contribution in [0.2, 0.25) is 0 Å². The second-order valence-corrected chi connectivity index (χ2v) is 6.63. The minimum atomic E-state index is -1.61. The second kappa shape index (κ2) is 7.16. The van der Waals surface area contributed by atoms with Gasteiger partial charge in [0.05, 0.1) is 24.5 Å². The van der Waals surface area contributed by atoms with Crippen LogP contribution in [0.3, 0.4) is 0 Å². The molecule has 0 aliphatic carbocycles. The molecule has 27 heavy (non-hydrogen) atoms. The number of aromatic nitrogens is 2. The van der Waals surface area contributed by atoms with Crippen molar-refractivity contribution in [2.75, 3.05) is 23.4 Å². The molecule has 0 fully saturated rings. The quantitative estimate of drug-likeness (QED) is 0.347. The van der Waals surface area contributed by atoms with Crippen LogP contribution in [0, 0.1) is 13.8 Å². The van der Waals surface area contributed by atoms with E-state index in [0.717, 1.165) is 11.1 Å². The Balaban J connectivity index is 2.11. The molecule has 7 N–H and O–H groups in total. The van der Waals surface area contributed by atoms with E-state index in [2.05, 4.69) is 15.3 Å². The predicted molar refractivity (Wildman–Crippen MR) is 99.0 cm³/mol. The summed E-state index contributed by atoms with van der Waals surface area (Å²) >= 11 is 0. The lowest BCUT2D eigenvalue weighted by molar-refractivity contribution is -0.0726. The van der Waals surface area contributed by atoms with Gasteiger partial charge in [-0.2, -0.15) is 0 Å². The number of nitrogens with zero attached hydrogens (tertiary/aromatic N) is 1. The summed E-state index contributed by atoms with van der Waals surface area (Å²) in [5.41, 5.74) is 1.83. The number of rotatable bonds is 5. The molecular formula is C17H22N4O6. The largest absolute Gasteiger partial charge is 0.394 e. The van der Waals surface area contributed by atoms with Gasteiger partial charge < -0.3 is 30.6 Å². The minimum Gasteiger partial charge on any atom is -0.394 e. The van der Waals surface area contributed by atoms with Gasteiger partial charge in [0, 0.05) is 0 Å². The van der Waals surface area contributed by atoms with E-state index in [4.69, 9.17) is 5.11 Å². The molecule has 146 valence electrons. The molecular weight excluding hydrogens is 356 g/mol. The summed E-state index contributed by atoms with van der Waals surface area (Å²) in [5.74, 6) is 0.129. The van der Waals surface area contributed by atoms with E-state index in [1.54, 1.807) is 0 Å². The molecule has 2 aromatic rings. The van der Waals surface area contributed by atoms with E-state index in [1.807, 2.05) is 26.0 Å². The standard InChI is InChI=1S/C17H22N4O6/c1-7-3-9-10(4-8(7)2)21(5-11(23)14(25)12(24)6-22)15-13(18-9)16(26)20-17(27)19-15/h3-4,11-12,14,18,22-25H,5-6H2,1-2H3,(H2,19,20,26,27). The van der Waals surface area contributed by atoms with E-state index in [1.165, 1.54) is 4.90 Å². The monoisotopic (exact) mass is 378 g/mol. The molecule has 0 radical (unpaired) electrons. The Hall–Kier alpha value is -2.66. The Kier molecular flexibility index (Phi) is 5.07. The van der Waals surface area contributed by atoms with Gasteiger partial charge in [-0.1, -0.05) is 0 Å². The van der Waals surface area contributed by atoms with Gasteiger partial charge in [0.15, 0.2) is 0 Å². The summed E-state index contributed by atoms with van der Waals surface area (Å²) in [5, 5.41) is 41.8. The summed E-state index contributed by atoms with van der Waals surface area (Å²) < 4.78 is 0. The van der Waals surface area contributed by atoms with E-state index in [-0.39, 0.29) is 18.1 Å². The summed E-state index contributed by atoms with van der Waals surface area (Å²) in [6.45, 7) is 2.85. The average molecular weight is 378 g/mol. The maximum absolute atomic E-state index is 12.2. The molecule has 0 saturated carbocycles. The van der Waals surface area contributed by atoms with E-state index in [9.17, 15) is 24.9 Å². The number of hydrogen-bond donors (Lipinski definition) is 7. The summed E-state index contributed by atoms with van der Waals surface area (Å²) in [4.78, 5) is 30.1. The Morgan fingerprint density at radius 2 is 1.70 bits per heavy atom. The van der Waals surface area contributed by atoms with Gasteiger partial charge in [-0.3, -0.25) is 14.8 Å². The van der Waals surface area contributed by atoms with E-state index < -0.39 is 36.2 Å². The van der Waals surface area contributed by atoms with Gasteiger partial charge in [-0.15, -0.1) is 0 Å². The molecule has 2 heterocycles. The fourth-order valence-electron chi connectivity index (χ4n) is 3.02. The Morgan fingerprint density at radius 3 is 2.37 bits per heavy atom. The van der Waals surface area contributed by atoms with E-state index >= 15 is 0 Å². The van der Waals surface area contributed by atoms with Crippen molar-refractivity contribution in [3.05, 3.63) is 44.1 Å². The molecule has 3 atom stereocenters. The van der Waals surface area contributed by atoms with Crippen molar-refractivity contribution in [1.82, 2.24) is 9.97 Å². The fraction of sp³-hybridized carbons (Fsp3) is 0.412. The minimum absolute atomic E-state index is 0.0924. The number of hydrogen-bond acceptors (Lipinski definition) is 8. The first kappa shape index (κ1) is 19.1. The van der Waals surface area contributed by atoms with Crippen LogP contribution in [0.5, 0.6) is 0 Å². The van der Waals surface area contributed by atoms with Crippen LogP contribution in [-0.4, -0.2) is 61.9 Å². The third-order valence-corrected chi connectivity index (χ3v) is 4.70. The van der Waals surface area contributed by atoms with Gasteiger partial charge in [0.2, 0.25) is 0 Å². The van der Waals surface area contributed by atoms with Crippen LogP contribution < -0.4 is 21.5 Å². The molecule has 1 aromatic carbocycles. The second-order valence-electron chi connectivity index (χ2n) is 6.63. The van der Waals surface area contributed by atoms with E-state index in [0.29, 0.717) is 11.4 Å². The number of anilines is 4. The molecule has 1 aliphatic heterocycles. The fourth-order valence-corrected chi connectivity index (χ4v) is 3.02. The van der Waals surface area contributed by atoms with Gasteiger partial charge in [-0.05, 0) is 37.1 Å². The molecule has 1 aromatic heterocycles. The Labute approximate surface area is 153 Å². The number of fused-ring (bicyclic) bond motifs is 2. The normalized spacial score (nSPS) is 16.1. The zero-order chi connectivity index (χ0) is 19.9. The third kappa shape index (κ3) is 3.47. The number of H-pyrrole nitrogens is 2. The molecule has 3 rings (SSSR count). The Morgan fingerprint density at radius 1 is 1.04 bits per heavy atom. The molecule has 0 saturated heterocycles. The van der Waals surface area contributed by atoms with Crippen LogP contribution in [0.4, 0.5) is 22.9 Å². The Bertz CT molecular complexity index is 969. The number of aryl methyl sites for hydroxylation is 2. The number of benzene rings is 1. The van der Waals surface area contributed by atoms with Gasteiger partial charge >= 0.3 is 5.69 Å². The van der Waals surface area contributed by atoms with Gasteiger partial charge in [0.1, 0.15) is 29.8 Å². The maximum atomic E-state index is 12.2. The highest BCUT2D eigenvalue weighted by Crippen LogP contribution is 2.41. The molecule has 3 unspecified atom stereocenters. The predicted octanol–water partition coefficient (Wildman–Crippen LogP) is -1.05. The van der Waals surface area contributed by atoms with Crippen LogP contribution in [-0.2, 0) is 0 Å². The van der Waals surface area contributed by atoms with Crippen molar-refractivity contribution in [3.8, 4) is 0 Å². The lowest BCUT2D eigenvalue weighted by atomic mass is 10.0. The average Bonchev–Trinajstić information content (AvgIpc) is 2.62. The van der Waals surface area contributed by atoms with Crippen molar-refractivity contribution in [3.63, 3.8) is 0 Å². The summed E-state index contributed by atoms with van der Waals surface area (Å²) in [6.07, 6.45) is -4.60. The first-order valence-electron chi connectivity index (χ1n) is 8.40. The lowest BCUT2D eigenvalue weighted by Crippen LogP contribution is -2.46.